The van der Waals surface area contributed by atoms with E-state index >= 15 is 0 Å². The first-order valence-electron chi connectivity index (χ1n) is 23.8. The lowest BCUT2D eigenvalue weighted by molar-refractivity contribution is -0.145. The highest BCUT2D eigenvalue weighted by Gasteiger charge is 2.10. The molecular weight excluding hydrogens is 767 g/mol. The number of nitrogens with one attached hydrogen (secondary N) is 1. The first-order chi connectivity index (χ1) is 30.0. The third kappa shape index (κ3) is 37.4. The molecule has 344 valence electrons. The average Bonchev–Trinajstić information content (AvgIpc) is 3.26. The van der Waals surface area contributed by atoms with E-state index in [1.165, 1.54) is 64.2 Å². The second-order valence-corrected chi connectivity index (χ2v) is 15.5. The summed E-state index contributed by atoms with van der Waals surface area (Å²) in [6.45, 7) is 5.83. The van der Waals surface area contributed by atoms with Gasteiger partial charge in [0.1, 0.15) is 44.5 Å². The SMILES string of the molecule is CCCCC/C=C\C/C=C\C=C\CCCCCC(=O)OCCOc1cc(COC(=O)CCCNC)cc(OCCOC(=O)CCCCCCC/C=C\C/C=C\CCCCC)c1. The first-order valence-corrected chi connectivity index (χ1v) is 23.8. The van der Waals surface area contributed by atoms with E-state index in [0.717, 1.165) is 70.8 Å². The third-order valence-electron chi connectivity index (χ3n) is 9.76. The third-order valence-corrected chi connectivity index (χ3v) is 9.76. The molecule has 0 saturated heterocycles. The maximum Gasteiger partial charge on any atom is 0.306 e. The molecule has 0 spiro atoms. The van der Waals surface area contributed by atoms with Crippen LogP contribution in [0.25, 0.3) is 0 Å². The number of allylic oxidation sites excluding steroid dienone is 10. The number of carbonyl (C=O) groups excluding carboxylic acids is 3. The Hall–Kier alpha value is -4.11. The van der Waals surface area contributed by atoms with E-state index in [2.05, 4.69) is 79.9 Å². The summed E-state index contributed by atoms with van der Waals surface area (Å²) in [5.41, 5.74) is 0.695. The van der Waals surface area contributed by atoms with Gasteiger partial charge >= 0.3 is 17.9 Å². The van der Waals surface area contributed by atoms with Crippen molar-refractivity contribution in [3.63, 3.8) is 0 Å². The first kappa shape index (κ1) is 54.9. The molecule has 0 aliphatic carbocycles. The summed E-state index contributed by atoms with van der Waals surface area (Å²) in [6, 6.07) is 5.28. The lowest BCUT2D eigenvalue weighted by atomic mass is 10.1. The van der Waals surface area contributed by atoms with Gasteiger partial charge in [0, 0.05) is 25.3 Å². The topological polar surface area (TPSA) is 109 Å². The fourth-order valence-electron chi connectivity index (χ4n) is 6.23. The number of esters is 3. The van der Waals surface area contributed by atoms with Crippen LogP contribution in [0.3, 0.4) is 0 Å². The molecule has 9 nitrogen and oxygen atoms in total. The molecule has 0 amide bonds. The van der Waals surface area contributed by atoms with Gasteiger partial charge in [0.15, 0.2) is 0 Å². The molecule has 61 heavy (non-hydrogen) atoms. The number of hydrogen-bond acceptors (Lipinski definition) is 9. The smallest absolute Gasteiger partial charge is 0.306 e. The largest absolute Gasteiger partial charge is 0.490 e. The van der Waals surface area contributed by atoms with E-state index in [9.17, 15) is 14.4 Å². The molecule has 1 N–H and O–H groups in total. The van der Waals surface area contributed by atoms with E-state index in [0.29, 0.717) is 42.7 Å². The van der Waals surface area contributed by atoms with Crippen molar-refractivity contribution in [2.45, 2.75) is 175 Å². The number of carbonyl (C=O) groups is 3. The van der Waals surface area contributed by atoms with Gasteiger partial charge in [-0.3, -0.25) is 14.4 Å². The lowest BCUT2D eigenvalue weighted by Crippen LogP contribution is -2.13. The van der Waals surface area contributed by atoms with Crippen molar-refractivity contribution in [2.24, 2.45) is 0 Å². The van der Waals surface area contributed by atoms with Crippen LogP contribution in [0.15, 0.2) is 79.0 Å². The molecular formula is C52H83NO8. The van der Waals surface area contributed by atoms with Gasteiger partial charge in [-0.25, -0.2) is 0 Å². The van der Waals surface area contributed by atoms with Crippen LogP contribution < -0.4 is 14.8 Å². The molecule has 0 aromatic heterocycles. The molecule has 9 heteroatoms. The Morgan fingerprint density at radius 1 is 0.475 bits per heavy atom. The molecule has 1 aromatic carbocycles. The highest BCUT2D eigenvalue weighted by molar-refractivity contribution is 5.70. The van der Waals surface area contributed by atoms with Gasteiger partial charge in [0.2, 0.25) is 0 Å². The number of unbranched alkanes of at least 4 members (excludes halogenated alkanes) is 14. The van der Waals surface area contributed by atoms with Crippen molar-refractivity contribution in [1.82, 2.24) is 5.32 Å². The van der Waals surface area contributed by atoms with Gasteiger partial charge in [-0.15, -0.1) is 0 Å². The summed E-state index contributed by atoms with van der Waals surface area (Å²) in [4.78, 5) is 36.8. The van der Waals surface area contributed by atoms with Gasteiger partial charge in [0.05, 0.1) is 0 Å². The molecule has 1 rings (SSSR count). The second-order valence-electron chi connectivity index (χ2n) is 15.5. The quantitative estimate of drug-likeness (QED) is 0.0226. The van der Waals surface area contributed by atoms with Gasteiger partial charge in [-0.2, -0.15) is 0 Å². The molecule has 1 aromatic rings. The Morgan fingerprint density at radius 3 is 1.48 bits per heavy atom. The molecule has 0 atom stereocenters. The zero-order valence-electron chi connectivity index (χ0n) is 38.5. The summed E-state index contributed by atoms with van der Waals surface area (Å²) < 4.78 is 28.1. The number of rotatable bonds is 41. The Balaban J connectivity index is 2.34. The van der Waals surface area contributed by atoms with Crippen LogP contribution in [-0.2, 0) is 35.2 Å². The van der Waals surface area contributed by atoms with E-state index < -0.39 is 0 Å². The zero-order valence-corrected chi connectivity index (χ0v) is 38.5. The van der Waals surface area contributed by atoms with Crippen LogP contribution in [0.5, 0.6) is 11.5 Å². The Kier molecular flexibility index (Phi) is 38.3. The number of ether oxygens (including phenoxy) is 5. The Morgan fingerprint density at radius 2 is 0.918 bits per heavy atom. The zero-order chi connectivity index (χ0) is 44.1. The van der Waals surface area contributed by atoms with Crippen molar-refractivity contribution in [3.8, 4) is 11.5 Å². The van der Waals surface area contributed by atoms with Gasteiger partial charge < -0.3 is 29.0 Å². The van der Waals surface area contributed by atoms with Crippen LogP contribution >= 0.6 is 0 Å². The van der Waals surface area contributed by atoms with E-state index in [4.69, 9.17) is 23.7 Å². The molecule has 0 bridgehead atoms. The fraction of sp³-hybridized carbons (Fsp3) is 0.635. The normalized spacial score (nSPS) is 11.8. The van der Waals surface area contributed by atoms with E-state index in [1.807, 2.05) is 7.05 Å². The van der Waals surface area contributed by atoms with Crippen molar-refractivity contribution in [1.29, 1.82) is 0 Å². The molecule has 0 fully saturated rings. The molecule has 0 radical (unpaired) electrons. The Labute approximate surface area is 370 Å². The van der Waals surface area contributed by atoms with Crippen molar-refractivity contribution < 1.29 is 38.1 Å². The summed E-state index contributed by atoms with van der Waals surface area (Å²) in [6.07, 6.45) is 46.1. The van der Waals surface area contributed by atoms with Crippen LogP contribution in [0.1, 0.15) is 174 Å². The van der Waals surface area contributed by atoms with Crippen molar-refractivity contribution >= 4 is 17.9 Å². The van der Waals surface area contributed by atoms with E-state index in [1.54, 1.807) is 18.2 Å². The minimum Gasteiger partial charge on any atom is -0.490 e. The minimum absolute atomic E-state index is 0.0623. The maximum atomic E-state index is 12.3. The van der Waals surface area contributed by atoms with Gasteiger partial charge in [-0.1, -0.05) is 126 Å². The minimum atomic E-state index is -0.285. The standard InChI is InChI=1S/C52H83NO8/c1-4-6-8-10-12-14-16-18-20-22-24-26-28-30-32-35-50(54)59-41-39-57-48-43-47(46-61-52(56)37-34-38-53-3)44-49(45-48)58-40-42-60-51(55)36-33-31-29-27-25-23-21-19-17-15-13-11-9-7-5-2/h12-15,18-22,24,43-45,53H,4-11,16-17,23,25-42,46H2,1-3H3/b14-12-,15-13-,20-18-,21-19-,24-22+. The van der Waals surface area contributed by atoms with Gasteiger partial charge in [0.25, 0.3) is 0 Å². The summed E-state index contributed by atoms with van der Waals surface area (Å²) >= 11 is 0. The average molecular weight is 850 g/mol. The summed E-state index contributed by atoms with van der Waals surface area (Å²) in [7, 11) is 1.84. The van der Waals surface area contributed by atoms with Gasteiger partial charge in [-0.05, 0) is 115 Å². The molecule has 0 unspecified atom stereocenters. The van der Waals surface area contributed by atoms with Crippen LogP contribution in [0, 0.1) is 0 Å². The van der Waals surface area contributed by atoms with Crippen LogP contribution in [0.4, 0.5) is 0 Å². The monoisotopic (exact) mass is 850 g/mol. The van der Waals surface area contributed by atoms with E-state index in [-0.39, 0.29) is 50.9 Å². The fourth-order valence-corrected chi connectivity index (χ4v) is 6.23. The molecule has 0 aliphatic heterocycles. The second kappa shape index (κ2) is 42.6. The molecule has 0 heterocycles. The maximum absolute atomic E-state index is 12.3. The molecule has 0 saturated carbocycles. The lowest BCUT2D eigenvalue weighted by Gasteiger charge is -2.13. The predicted octanol–water partition coefficient (Wildman–Crippen LogP) is 13.0. The predicted molar refractivity (Wildman–Crippen MR) is 251 cm³/mol. The van der Waals surface area contributed by atoms with Crippen molar-refractivity contribution in [2.75, 3.05) is 40.0 Å². The van der Waals surface area contributed by atoms with Crippen LogP contribution in [-0.4, -0.2) is 57.9 Å². The Bertz CT molecular complexity index is 1380. The summed E-state index contributed by atoms with van der Waals surface area (Å²) in [5, 5.41) is 3.02. The highest BCUT2D eigenvalue weighted by Crippen LogP contribution is 2.24. The molecule has 0 aliphatic rings. The highest BCUT2D eigenvalue weighted by atomic mass is 16.6. The number of benzene rings is 1. The number of hydrogen-bond donors (Lipinski definition) is 1. The van der Waals surface area contributed by atoms with Crippen molar-refractivity contribution in [3.05, 3.63) is 84.5 Å². The van der Waals surface area contributed by atoms with Crippen LogP contribution in [0.2, 0.25) is 0 Å². The summed E-state index contributed by atoms with van der Waals surface area (Å²) in [5.74, 6) is 0.247.